The van der Waals surface area contributed by atoms with E-state index in [2.05, 4.69) is 20.8 Å². The van der Waals surface area contributed by atoms with E-state index in [0.29, 0.717) is 13.0 Å². The molecule has 4 nitrogen and oxygen atoms in total. The Balaban J connectivity index is 2.51. The molecule has 0 saturated carbocycles. The number of hydrogen-bond acceptors (Lipinski definition) is 3. The van der Waals surface area contributed by atoms with Gasteiger partial charge in [0.25, 0.3) is 0 Å². The molecule has 0 aromatic rings. The summed E-state index contributed by atoms with van der Waals surface area (Å²) in [6.07, 6.45) is 3.75. The molecule has 1 unspecified atom stereocenters. The molecule has 4 heteroatoms. The van der Waals surface area contributed by atoms with Gasteiger partial charge in [0.05, 0.1) is 12.5 Å². The molecule has 1 atom stereocenters. The van der Waals surface area contributed by atoms with E-state index in [4.69, 9.17) is 10.5 Å². The Labute approximate surface area is 111 Å². The molecule has 0 spiro atoms. The average Bonchev–Trinajstić information content (AvgIpc) is 2.81. The van der Waals surface area contributed by atoms with Gasteiger partial charge >= 0.3 is 0 Å². The molecule has 106 valence electrons. The van der Waals surface area contributed by atoms with E-state index in [1.807, 2.05) is 4.90 Å². The second-order valence-electron chi connectivity index (χ2n) is 6.02. The molecule has 1 aliphatic rings. The first-order valence-corrected chi connectivity index (χ1v) is 7.08. The molecule has 0 aromatic carbocycles. The van der Waals surface area contributed by atoms with Crippen molar-refractivity contribution in [1.29, 1.82) is 0 Å². The lowest BCUT2D eigenvalue weighted by Gasteiger charge is -2.32. The maximum Gasteiger partial charge on any atom is 0.225 e. The van der Waals surface area contributed by atoms with Crippen LogP contribution in [0.1, 0.15) is 46.5 Å². The highest BCUT2D eigenvalue weighted by molar-refractivity contribution is 5.76. The van der Waals surface area contributed by atoms with Crippen LogP contribution in [0.15, 0.2) is 0 Å². The fourth-order valence-corrected chi connectivity index (χ4v) is 2.27. The predicted molar refractivity (Wildman–Crippen MR) is 73.3 cm³/mol. The molecule has 2 N–H and O–H groups in total. The molecule has 0 aliphatic carbocycles. The fourth-order valence-electron chi connectivity index (χ4n) is 2.27. The van der Waals surface area contributed by atoms with Crippen molar-refractivity contribution in [3.8, 4) is 0 Å². The van der Waals surface area contributed by atoms with Gasteiger partial charge in [0.2, 0.25) is 5.91 Å². The predicted octanol–water partition coefficient (Wildman–Crippen LogP) is 1.78. The van der Waals surface area contributed by atoms with Crippen LogP contribution in [0.2, 0.25) is 0 Å². The van der Waals surface area contributed by atoms with Gasteiger partial charge in [-0.05, 0) is 31.2 Å². The lowest BCUT2D eigenvalue weighted by molar-refractivity contribution is -0.134. The van der Waals surface area contributed by atoms with E-state index < -0.39 is 0 Å². The largest absolute Gasteiger partial charge is 0.378 e. The third-order valence-corrected chi connectivity index (χ3v) is 3.44. The molecule has 0 radical (unpaired) electrons. The molecule has 1 heterocycles. The minimum absolute atomic E-state index is 0.0125. The maximum absolute atomic E-state index is 12.3. The Bertz CT molecular complexity index is 261. The van der Waals surface area contributed by atoms with Crippen LogP contribution in [0.3, 0.4) is 0 Å². The second kappa shape index (κ2) is 7.10. The molecule has 18 heavy (non-hydrogen) atoms. The van der Waals surface area contributed by atoms with Crippen LogP contribution in [0, 0.1) is 5.41 Å². The molecule has 1 fully saturated rings. The minimum Gasteiger partial charge on any atom is -0.378 e. The van der Waals surface area contributed by atoms with Gasteiger partial charge in [0.1, 0.15) is 0 Å². The van der Waals surface area contributed by atoms with Crippen LogP contribution in [0.4, 0.5) is 0 Å². The molecule has 1 aliphatic heterocycles. The number of carbonyl (C=O) groups is 1. The van der Waals surface area contributed by atoms with Crippen molar-refractivity contribution in [2.24, 2.45) is 11.1 Å². The molecular formula is C14H28N2O2. The number of nitrogens with two attached hydrogens (primary N) is 1. The summed E-state index contributed by atoms with van der Waals surface area (Å²) in [5.41, 5.74) is 5.74. The Morgan fingerprint density at radius 3 is 2.72 bits per heavy atom. The highest BCUT2D eigenvalue weighted by atomic mass is 16.5. The smallest absolute Gasteiger partial charge is 0.225 e. The zero-order chi connectivity index (χ0) is 13.6. The molecule has 0 aromatic heterocycles. The summed E-state index contributed by atoms with van der Waals surface area (Å²) < 4.78 is 5.54. The van der Waals surface area contributed by atoms with Crippen molar-refractivity contribution in [1.82, 2.24) is 4.90 Å². The number of rotatable bonds is 7. The Morgan fingerprint density at radius 1 is 1.50 bits per heavy atom. The molecular weight excluding hydrogens is 228 g/mol. The van der Waals surface area contributed by atoms with Gasteiger partial charge in [0.15, 0.2) is 0 Å². The fraction of sp³-hybridized carbons (Fsp3) is 0.929. The van der Waals surface area contributed by atoms with Crippen molar-refractivity contribution in [2.75, 3.05) is 26.2 Å². The van der Waals surface area contributed by atoms with Gasteiger partial charge < -0.3 is 15.4 Å². The highest BCUT2D eigenvalue weighted by Crippen LogP contribution is 2.19. The Hall–Kier alpha value is -0.610. The van der Waals surface area contributed by atoms with E-state index >= 15 is 0 Å². The Kier molecular flexibility index (Phi) is 6.09. The zero-order valence-electron chi connectivity index (χ0n) is 12.1. The SMILES string of the molecule is CCCN(CC(C)(C)CN)C(=O)CC1CCCO1. The maximum atomic E-state index is 12.3. The third-order valence-electron chi connectivity index (χ3n) is 3.44. The van der Waals surface area contributed by atoms with Crippen LogP contribution >= 0.6 is 0 Å². The van der Waals surface area contributed by atoms with Crippen LogP contribution < -0.4 is 5.73 Å². The van der Waals surface area contributed by atoms with Crippen molar-refractivity contribution in [2.45, 2.75) is 52.6 Å². The monoisotopic (exact) mass is 256 g/mol. The molecule has 1 saturated heterocycles. The van der Waals surface area contributed by atoms with E-state index in [-0.39, 0.29) is 17.4 Å². The number of ether oxygens (including phenoxy) is 1. The molecule has 0 bridgehead atoms. The van der Waals surface area contributed by atoms with Crippen molar-refractivity contribution < 1.29 is 9.53 Å². The molecule has 1 rings (SSSR count). The topological polar surface area (TPSA) is 55.6 Å². The first-order valence-electron chi connectivity index (χ1n) is 7.08. The number of amides is 1. The summed E-state index contributed by atoms with van der Waals surface area (Å²) in [4.78, 5) is 14.2. The number of hydrogen-bond donors (Lipinski definition) is 1. The van der Waals surface area contributed by atoms with Crippen molar-refractivity contribution in [3.05, 3.63) is 0 Å². The first-order chi connectivity index (χ1) is 8.48. The zero-order valence-corrected chi connectivity index (χ0v) is 12.1. The van der Waals surface area contributed by atoms with Crippen LogP contribution in [-0.2, 0) is 9.53 Å². The third kappa shape index (κ3) is 4.94. The van der Waals surface area contributed by atoms with Crippen LogP contribution in [0.5, 0.6) is 0 Å². The summed E-state index contributed by atoms with van der Waals surface area (Å²) in [7, 11) is 0. The van der Waals surface area contributed by atoms with Gasteiger partial charge in [-0.2, -0.15) is 0 Å². The highest BCUT2D eigenvalue weighted by Gasteiger charge is 2.26. The average molecular weight is 256 g/mol. The lowest BCUT2D eigenvalue weighted by Crippen LogP contribution is -2.43. The summed E-state index contributed by atoms with van der Waals surface area (Å²) in [6, 6.07) is 0. The van der Waals surface area contributed by atoms with Gasteiger partial charge in [-0.15, -0.1) is 0 Å². The summed E-state index contributed by atoms with van der Waals surface area (Å²) >= 11 is 0. The quantitative estimate of drug-likeness (QED) is 0.755. The van der Waals surface area contributed by atoms with Crippen LogP contribution in [-0.4, -0.2) is 43.2 Å². The van der Waals surface area contributed by atoms with Crippen LogP contribution in [0.25, 0.3) is 0 Å². The van der Waals surface area contributed by atoms with Gasteiger partial charge in [-0.25, -0.2) is 0 Å². The number of nitrogens with zero attached hydrogens (tertiary/aromatic N) is 1. The van der Waals surface area contributed by atoms with E-state index in [0.717, 1.165) is 39.0 Å². The standard InChI is InChI=1S/C14H28N2O2/c1-4-7-16(11-14(2,3)10-15)13(17)9-12-6-5-8-18-12/h12H,4-11,15H2,1-3H3. The van der Waals surface area contributed by atoms with Crippen molar-refractivity contribution >= 4 is 5.91 Å². The van der Waals surface area contributed by atoms with Gasteiger partial charge in [-0.3, -0.25) is 4.79 Å². The van der Waals surface area contributed by atoms with E-state index in [9.17, 15) is 4.79 Å². The summed E-state index contributed by atoms with van der Waals surface area (Å²) in [5.74, 6) is 0.213. The lowest BCUT2D eigenvalue weighted by atomic mass is 9.92. The van der Waals surface area contributed by atoms with Gasteiger partial charge in [-0.1, -0.05) is 20.8 Å². The molecule has 1 amide bonds. The van der Waals surface area contributed by atoms with E-state index in [1.54, 1.807) is 0 Å². The van der Waals surface area contributed by atoms with Gasteiger partial charge in [0, 0.05) is 19.7 Å². The first kappa shape index (κ1) is 15.4. The normalized spacial score (nSPS) is 20.1. The van der Waals surface area contributed by atoms with E-state index in [1.165, 1.54) is 0 Å². The second-order valence-corrected chi connectivity index (χ2v) is 6.02. The summed E-state index contributed by atoms with van der Waals surface area (Å²) in [6.45, 7) is 9.27. The summed E-state index contributed by atoms with van der Waals surface area (Å²) in [5, 5.41) is 0. The minimum atomic E-state index is -0.0125. The Morgan fingerprint density at radius 2 is 2.22 bits per heavy atom. The number of carbonyl (C=O) groups excluding carboxylic acids is 1. The van der Waals surface area contributed by atoms with Crippen molar-refractivity contribution in [3.63, 3.8) is 0 Å².